The van der Waals surface area contributed by atoms with Crippen LogP contribution in [0, 0.1) is 0 Å². The number of para-hydroxylation sites is 1. The van der Waals surface area contributed by atoms with Gasteiger partial charge in [0, 0.05) is 23.2 Å². The third-order valence-corrected chi connectivity index (χ3v) is 4.83. The molecule has 0 aliphatic carbocycles. The number of aliphatic imine (C=N–C) groups is 1. The fraction of sp³-hybridized carbons (Fsp3) is 0.158. The van der Waals surface area contributed by atoms with Crippen molar-refractivity contribution in [3.05, 3.63) is 65.2 Å². The van der Waals surface area contributed by atoms with Crippen LogP contribution in [0.4, 0.5) is 11.4 Å². The Morgan fingerprint density at radius 3 is 2.65 bits per heavy atom. The molecule has 0 aromatic heterocycles. The van der Waals surface area contributed by atoms with Gasteiger partial charge in [0.05, 0.1) is 16.4 Å². The van der Waals surface area contributed by atoms with E-state index in [-0.39, 0.29) is 5.78 Å². The van der Waals surface area contributed by atoms with E-state index in [2.05, 4.69) is 41.2 Å². The molecule has 0 N–H and O–H groups in total. The summed E-state index contributed by atoms with van der Waals surface area (Å²) in [6.07, 6.45) is 2.07. The van der Waals surface area contributed by atoms with E-state index in [0.717, 1.165) is 16.4 Å². The number of thioether (sulfide) groups is 1. The van der Waals surface area contributed by atoms with Crippen molar-refractivity contribution in [2.24, 2.45) is 4.99 Å². The van der Waals surface area contributed by atoms with E-state index in [1.54, 1.807) is 18.7 Å². The van der Waals surface area contributed by atoms with Crippen LogP contribution in [0.15, 0.2) is 69.5 Å². The van der Waals surface area contributed by atoms with E-state index in [1.807, 2.05) is 37.3 Å². The monoisotopic (exact) mass is 322 g/mol. The summed E-state index contributed by atoms with van der Waals surface area (Å²) >= 11 is 1.74. The lowest BCUT2D eigenvalue weighted by Gasteiger charge is -2.13. The van der Waals surface area contributed by atoms with Crippen LogP contribution < -0.4 is 4.90 Å². The zero-order valence-corrected chi connectivity index (χ0v) is 14.2. The van der Waals surface area contributed by atoms with Gasteiger partial charge in [-0.15, -0.1) is 0 Å². The molecule has 1 aliphatic heterocycles. The Kier molecular flexibility index (Phi) is 4.35. The summed E-state index contributed by atoms with van der Waals surface area (Å²) < 4.78 is 0. The third kappa shape index (κ3) is 3.37. The number of hydrogen-bond donors (Lipinski definition) is 0. The summed E-state index contributed by atoms with van der Waals surface area (Å²) in [5.74, 6) is 0.0552. The average molecular weight is 322 g/mol. The number of fused-ring (bicyclic) bond motifs is 1. The van der Waals surface area contributed by atoms with Crippen LogP contribution >= 0.6 is 11.8 Å². The Balaban J connectivity index is 1.86. The molecule has 0 unspecified atom stereocenters. The fourth-order valence-electron chi connectivity index (χ4n) is 2.46. The Morgan fingerprint density at radius 2 is 1.91 bits per heavy atom. The molecule has 0 fully saturated rings. The van der Waals surface area contributed by atoms with Gasteiger partial charge in [-0.2, -0.15) is 0 Å². The van der Waals surface area contributed by atoms with Crippen molar-refractivity contribution in [2.45, 2.75) is 18.7 Å². The van der Waals surface area contributed by atoms with Gasteiger partial charge in [0.2, 0.25) is 0 Å². The van der Waals surface area contributed by atoms with Gasteiger partial charge >= 0.3 is 0 Å². The van der Waals surface area contributed by atoms with Gasteiger partial charge in [0.15, 0.2) is 5.78 Å². The molecule has 0 saturated carbocycles. The highest BCUT2D eigenvalue weighted by Gasteiger charge is 2.21. The minimum Gasteiger partial charge on any atom is -0.338 e. The molecule has 116 valence electrons. The lowest BCUT2D eigenvalue weighted by atomic mass is 10.1. The first-order chi connectivity index (χ1) is 11.0. The molecule has 2 aromatic carbocycles. The first-order valence-electron chi connectivity index (χ1n) is 7.43. The first kappa shape index (κ1) is 15.6. The SMILES string of the molecule is CC(=O)c1cccc(N=C(C)/C=C2\Sc3ccccc3N2C)c1. The summed E-state index contributed by atoms with van der Waals surface area (Å²) in [6.45, 7) is 3.55. The molecular formula is C19H18N2OS. The molecule has 0 atom stereocenters. The zero-order chi connectivity index (χ0) is 16.4. The Hall–Kier alpha value is -2.33. The Bertz CT molecular complexity index is 824. The van der Waals surface area contributed by atoms with Gasteiger partial charge in [-0.1, -0.05) is 36.0 Å². The summed E-state index contributed by atoms with van der Waals surface area (Å²) in [5.41, 5.74) is 3.62. The second-order valence-corrected chi connectivity index (χ2v) is 6.53. The molecular weight excluding hydrogens is 304 g/mol. The van der Waals surface area contributed by atoms with E-state index in [0.29, 0.717) is 5.56 Å². The highest BCUT2D eigenvalue weighted by Crippen LogP contribution is 2.44. The van der Waals surface area contributed by atoms with E-state index >= 15 is 0 Å². The summed E-state index contributed by atoms with van der Waals surface area (Å²) in [6, 6.07) is 15.8. The molecule has 0 amide bonds. The number of ketones is 1. The van der Waals surface area contributed by atoms with Crippen molar-refractivity contribution in [2.75, 3.05) is 11.9 Å². The fourth-order valence-corrected chi connectivity index (χ4v) is 3.60. The van der Waals surface area contributed by atoms with Crippen molar-refractivity contribution >= 4 is 34.6 Å². The Morgan fingerprint density at radius 1 is 1.13 bits per heavy atom. The molecule has 4 heteroatoms. The molecule has 0 saturated heterocycles. The van der Waals surface area contributed by atoms with Crippen molar-refractivity contribution in [1.29, 1.82) is 0 Å². The van der Waals surface area contributed by atoms with Gasteiger partial charge in [-0.3, -0.25) is 9.79 Å². The van der Waals surface area contributed by atoms with E-state index < -0.39 is 0 Å². The number of carbonyl (C=O) groups is 1. The topological polar surface area (TPSA) is 32.7 Å². The van der Waals surface area contributed by atoms with Crippen molar-refractivity contribution in [1.82, 2.24) is 0 Å². The maximum absolute atomic E-state index is 11.5. The van der Waals surface area contributed by atoms with Crippen LogP contribution in [-0.4, -0.2) is 18.5 Å². The van der Waals surface area contributed by atoms with Crippen LogP contribution in [0.3, 0.4) is 0 Å². The summed E-state index contributed by atoms with van der Waals surface area (Å²) in [5, 5.41) is 1.15. The van der Waals surface area contributed by atoms with E-state index in [4.69, 9.17) is 0 Å². The van der Waals surface area contributed by atoms with Crippen LogP contribution in [0.2, 0.25) is 0 Å². The molecule has 2 aromatic rings. The number of allylic oxidation sites excluding steroid dienone is 1. The third-order valence-electron chi connectivity index (χ3n) is 3.66. The van der Waals surface area contributed by atoms with E-state index in [1.165, 1.54) is 10.6 Å². The molecule has 0 spiro atoms. The van der Waals surface area contributed by atoms with Crippen molar-refractivity contribution in [3.63, 3.8) is 0 Å². The maximum Gasteiger partial charge on any atom is 0.159 e. The molecule has 23 heavy (non-hydrogen) atoms. The van der Waals surface area contributed by atoms with Gasteiger partial charge in [0.25, 0.3) is 0 Å². The lowest BCUT2D eigenvalue weighted by Crippen LogP contribution is -2.10. The summed E-state index contributed by atoms with van der Waals surface area (Å²) in [4.78, 5) is 19.5. The Labute approximate surface area is 140 Å². The number of anilines is 1. The number of nitrogens with zero attached hydrogens (tertiary/aromatic N) is 2. The van der Waals surface area contributed by atoms with Crippen LogP contribution in [-0.2, 0) is 0 Å². The van der Waals surface area contributed by atoms with Gasteiger partial charge < -0.3 is 4.90 Å². The molecule has 1 aliphatic rings. The molecule has 0 radical (unpaired) electrons. The lowest BCUT2D eigenvalue weighted by molar-refractivity contribution is 0.101. The van der Waals surface area contributed by atoms with Crippen molar-refractivity contribution < 1.29 is 4.79 Å². The van der Waals surface area contributed by atoms with Crippen LogP contribution in [0.25, 0.3) is 0 Å². The molecule has 1 heterocycles. The average Bonchev–Trinajstić information content (AvgIpc) is 2.84. The normalized spacial score (nSPS) is 15.9. The smallest absolute Gasteiger partial charge is 0.159 e. The van der Waals surface area contributed by atoms with Gasteiger partial charge in [-0.25, -0.2) is 0 Å². The van der Waals surface area contributed by atoms with Gasteiger partial charge in [-0.05, 0) is 44.2 Å². The van der Waals surface area contributed by atoms with Gasteiger partial charge in [0.1, 0.15) is 0 Å². The van der Waals surface area contributed by atoms with Crippen LogP contribution in [0.5, 0.6) is 0 Å². The predicted molar refractivity (Wildman–Crippen MR) is 98.0 cm³/mol. The zero-order valence-electron chi connectivity index (χ0n) is 13.4. The minimum absolute atomic E-state index is 0.0552. The highest BCUT2D eigenvalue weighted by molar-refractivity contribution is 8.03. The highest BCUT2D eigenvalue weighted by atomic mass is 32.2. The van der Waals surface area contributed by atoms with E-state index in [9.17, 15) is 4.79 Å². The van der Waals surface area contributed by atoms with Crippen molar-refractivity contribution in [3.8, 4) is 0 Å². The number of carbonyl (C=O) groups excluding carboxylic acids is 1. The molecule has 3 rings (SSSR count). The second-order valence-electron chi connectivity index (χ2n) is 5.47. The number of benzene rings is 2. The maximum atomic E-state index is 11.5. The first-order valence-corrected chi connectivity index (χ1v) is 8.25. The number of rotatable bonds is 3. The second kappa shape index (κ2) is 6.42. The standard InChI is InChI=1S/C19H18N2OS/c1-13(20-16-8-6-7-15(12-16)14(2)22)11-19-21(3)17-9-4-5-10-18(17)23-19/h4-12H,1-3H3/b19-11-,20-13?. The molecule has 0 bridgehead atoms. The largest absolute Gasteiger partial charge is 0.338 e. The quantitative estimate of drug-likeness (QED) is 0.584. The minimum atomic E-state index is 0.0552. The molecule has 3 nitrogen and oxygen atoms in total. The van der Waals surface area contributed by atoms with Crippen LogP contribution in [0.1, 0.15) is 24.2 Å². The summed E-state index contributed by atoms with van der Waals surface area (Å²) in [7, 11) is 2.06. The number of Topliss-reactive ketones (excluding diaryl/α,β-unsaturated/α-hetero) is 1. The predicted octanol–water partition coefficient (Wildman–Crippen LogP) is 5.07. The number of hydrogen-bond acceptors (Lipinski definition) is 4.